The topological polar surface area (TPSA) is 93.1 Å². The van der Waals surface area contributed by atoms with Crippen molar-refractivity contribution in [1.29, 1.82) is 0 Å². The van der Waals surface area contributed by atoms with Crippen molar-refractivity contribution in [2.75, 3.05) is 33.7 Å². The van der Waals surface area contributed by atoms with E-state index in [1.165, 1.54) is 0 Å². The number of hydrogen-bond acceptors (Lipinski definition) is 4. The first-order valence-electron chi connectivity index (χ1n) is 6.02. The van der Waals surface area contributed by atoms with Crippen molar-refractivity contribution >= 4 is 12.0 Å². The molecular formula is C11H21N3O4. The molecule has 0 radical (unpaired) electrons. The lowest BCUT2D eigenvalue weighted by Crippen LogP contribution is -2.51. The Balaban J connectivity index is 2.38. The SMILES string of the molecule is CN1CCCC(N(C)C(=O)NC[C@H](O)C(=O)O)C1. The number of aliphatic hydroxyl groups excluding tert-OH is 1. The standard InChI is InChI=1S/C11H21N3O4/c1-13-5-3-4-8(7-13)14(2)11(18)12-6-9(15)10(16)17/h8-9,15H,3-7H2,1-2H3,(H,12,18)(H,16,17)/t8?,9-/m0/s1. The summed E-state index contributed by atoms with van der Waals surface area (Å²) in [6.45, 7) is 1.57. The Hall–Kier alpha value is -1.34. The predicted molar refractivity (Wildman–Crippen MR) is 65.3 cm³/mol. The molecule has 1 aliphatic rings. The van der Waals surface area contributed by atoms with Gasteiger partial charge in [0.05, 0.1) is 6.54 Å². The van der Waals surface area contributed by atoms with E-state index < -0.39 is 12.1 Å². The number of likely N-dealkylation sites (N-methyl/N-ethyl adjacent to an activating group) is 2. The van der Waals surface area contributed by atoms with E-state index >= 15 is 0 Å². The average molecular weight is 259 g/mol. The fraction of sp³-hybridized carbons (Fsp3) is 0.818. The first kappa shape index (κ1) is 14.7. The number of piperidine rings is 1. The number of hydrogen-bond donors (Lipinski definition) is 3. The molecule has 0 bridgehead atoms. The Morgan fingerprint density at radius 3 is 2.78 bits per heavy atom. The molecule has 1 fully saturated rings. The second-order valence-electron chi connectivity index (χ2n) is 4.71. The summed E-state index contributed by atoms with van der Waals surface area (Å²) in [6, 6.07) is -0.221. The molecule has 1 rings (SSSR count). The Labute approximate surface area is 106 Å². The zero-order chi connectivity index (χ0) is 13.7. The Morgan fingerprint density at radius 1 is 1.56 bits per heavy atom. The molecule has 0 aromatic rings. The van der Waals surface area contributed by atoms with Crippen molar-refractivity contribution in [3.63, 3.8) is 0 Å². The maximum Gasteiger partial charge on any atom is 0.334 e. The van der Waals surface area contributed by atoms with Crippen molar-refractivity contribution < 1.29 is 19.8 Å². The van der Waals surface area contributed by atoms with E-state index in [9.17, 15) is 9.59 Å². The van der Waals surface area contributed by atoms with E-state index in [1.54, 1.807) is 11.9 Å². The van der Waals surface area contributed by atoms with Crippen LogP contribution in [-0.4, -0.2) is 77.9 Å². The van der Waals surface area contributed by atoms with Gasteiger partial charge in [-0.1, -0.05) is 0 Å². The normalized spacial score (nSPS) is 22.3. The molecule has 3 N–H and O–H groups in total. The van der Waals surface area contributed by atoms with Crippen LogP contribution >= 0.6 is 0 Å². The lowest BCUT2D eigenvalue weighted by atomic mass is 10.1. The maximum absolute atomic E-state index is 11.8. The van der Waals surface area contributed by atoms with E-state index in [4.69, 9.17) is 10.2 Å². The van der Waals surface area contributed by atoms with Crippen LogP contribution in [-0.2, 0) is 4.79 Å². The number of carbonyl (C=O) groups is 2. The van der Waals surface area contributed by atoms with Gasteiger partial charge in [-0.15, -0.1) is 0 Å². The largest absolute Gasteiger partial charge is 0.479 e. The number of likely N-dealkylation sites (tertiary alicyclic amines) is 1. The lowest BCUT2D eigenvalue weighted by Gasteiger charge is -2.35. The number of urea groups is 1. The summed E-state index contributed by atoms with van der Waals surface area (Å²) in [4.78, 5) is 25.9. The van der Waals surface area contributed by atoms with E-state index in [0.29, 0.717) is 0 Å². The van der Waals surface area contributed by atoms with E-state index in [2.05, 4.69) is 10.2 Å². The van der Waals surface area contributed by atoms with Gasteiger partial charge in [-0.2, -0.15) is 0 Å². The highest BCUT2D eigenvalue weighted by Gasteiger charge is 2.25. The zero-order valence-electron chi connectivity index (χ0n) is 10.8. The number of aliphatic hydroxyl groups is 1. The first-order valence-corrected chi connectivity index (χ1v) is 6.02. The Morgan fingerprint density at radius 2 is 2.22 bits per heavy atom. The quantitative estimate of drug-likeness (QED) is 0.612. The van der Waals surface area contributed by atoms with Crippen LogP contribution in [0.5, 0.6) is 0 Å². The van der Waals surface area contributed by atoms with Crippen molar-refractivity contribution in [2.45, 2.75) is 25.0 Å². The van der Waals surface area contributed by atoms with Gasteiger partial charge >= 0.3 is 12.0 Å². The van der Waals surface area contributed by atoms with Crippen LogP contribution in [0.25, 0.3) is 0 Å². The van der Waals surface area contributed by atoms with Crippen molar-refractivity contribution in [2.24, 2.45) is 0 Å². The van der Waals surface area contributed by atoms with Gasteiger partial charge in [-0.25, -0.2) is 9.59 Å². The molecular weight excluding hydrogens is 238 g/mol. The summed E-state index contributed by atoms with van der Waals surface area (Å²) in [5.41, 5.74) is 0. The molecule has 2 amide bonds. The fourth-order valence-corrected chi connectivity index (χ4v) is 2.02. The smallest absolute Gasteiger partial charge is 0.334 e. The van der Waals surface area contributed by atoms with Crippen LogP contribution in [0.15, 0.2) is 0 Å². The van der Waals surface area contributed by atoms with Crippen LogP contribution < -0.4 is 5.32 Å². The van der Waals surface area contributed by atoms with Gasteiger partial charge in [-0.05, 0) is 26.4 Å². The number of carboxylic acid groups (broad SMARTS) is 1. The molecule has 1 unspecified atom stereocenters. The van der Waals surface area contributed by atoms with Crippen molar-refractivity contribution in [3.05, 3.63) is 0 Å². The van der Waals surface area contributed by atoms with Gasteiger partial charge in [0.25, 0.3) is 0 Å². The molecule has 7 nitrogen and oxygen atoms in total. The summed E-state index contributed by atoms with van der Waals surface area (Å²) >= 11 is 0. The van der Waals surface area contributed by atoms with Gasteiger partial charge < -0.3 is 25.3 Å². The summed E-state index contributed by atoms with van der Waals surface area (Å²) in [5, 5.41) is 20.0. The number of amides is 2. The molecule has 1 aliphatic heterocycles. The highest BCUT2D eigenvalue weighted by molar-refractivity contribution is 5.76. The summed E-state index contributed by atoms with van der Waals surface area (Å²) in [7, 11) is 3.69. The maximum atomic E-state index is 11.8. The number of nitrogens with zero attached hydrogens (tertiary/aromatic N) is 2. The molecule has 1 heterocycles. The Kier molecular flexibility index (Phi) is 5.36. The number of nitrogens with one attached hydrogen (secondary N) is 1. The minimum absolute atomic E-state index is 0.130. The number of carboxylic acids is 1. The second-order valence-corrected chi connectivity index (χ2v) is 4.71. The minimum atomic E-state index is -1.56. The van der Waals surface area contributed by atoms with Crippen molar-refractivity contribution in [1.82, 2.24) is 15.1 Å². The van der Waals surface area contributed by atoms with Crippen LogP contribution in [0.1, 0.15) is 12.8 Å². The zero-order valence-corrected chi connectivity index (χ0v) is 10.8. The third-order valence-corrected chi connectivity index (χ3v) is 3.20. The molecule has 0 aromatic carbocycles. The molecule has 0 aromatic heterocycles. The highest BCUT2D eigenvalue weighted by Crippen LogP contribution is 2.13. The molecule has 0 saturated carbocycles. The van der Waals surface area contributed by atoms with Crippen LogP contribution in [0.2, 0.25) is 0 Å². The van der Waals surface area contributed by atoms with E-state index in [0.717, 1.165) is 25.9 Å². The third kappa shape index (κ3) is 4.15. The molecule has 1 saturated heterocycles. The molecule has 18 heavy (non-hydrogen) atoms. The van der Waals surface area contributed by atoms with Gasteiger partial charge in [0.2, 0.25) is 0 Å². The highest BCUT2D eigenvalue weighted by atomic mass is 16.4. The average Bonchev–Trinajstić information content (AvgIpc) is 2.34. The predicted octanol–water partition coefficient (Wildman–Crippen LogP) is -0.832. The van der Waals surface area contributed by atoms with Crippen LogP contribution in [0, 0.1) is 0 Å². The second kappa shape index (κ2) is 6.55. The molecule has 104 valence electrons. The molecule has 0 aliphatic carbocycles. The lowest BCUT2D eigenvalue weighted by molar-refractivity contribution is -0.146. The Bertz CT molecular complexity index is 311. The minimum Gasteiger partial charge on any atom is -0.479 e. The number of carbonyl (C=O) groups excluding carboxylic acids is 1. The number of aliphatic carboxylic acids is 1. The summed E-state index contributed by atoms with van der Waals surface area (Å²) in [5.74, 6) is -1.34. The van der Waals surface area contributed by atoms with Crippen LogP contribution in [0.4, 0.5) is 4.79 Å². The van der Waals surface area contributed by atoms with Gasteiger partial charge in [0.15, 0.2) is 6.10 Å². The van der Waals surface area contributed by atoms with Crippen molar-refractivity contribution in [3.8, 4) is 0 Å². The summed E-state index contributed by atoms with van der Waals surface area (Å²) < 4.78 is 0. The summed E-state index contributed by atoms with van der Waals surface area (Å²) in [6.07, 6.45) is 0.420. The molecule has 0 spiro atoms. The van der Waals surface area contributed by atoms with Crippen LogP contribution in [0.3, 0.4) is 0 Å². The third-order valence-electron chi connectivity index (χ3n) is 3.20. The van der Waals surface area contributed by atoms with Gasteiger partial charge in [0.1, 0.15) is 0 Å². The van der Waals surface area contributed by atoms with E-state index in [1.807, 2.05) is 7.05 Å². The molecule has 2 atom stereocenters. The first-order chi connectivity index (χ1) is 8.41. The van der Waals surface area contributed by atoms with Gasteiger partial charge in [0, 0.05) is 19.6 Å². The fourth-order valence-electron chi connectivity index (χ4n) is 2.02. The van der Waals surface area contributed by atoms with E-state index in [-0.39, 0.29) is 18.6 Å². The van der Waals surface area contributed by atoms with Gasteiger partial charge in [-0.3, -0.25) is 0 Å². The molecule has 7 heteroatoms. The number of rotatable bonds is 4. The monoisotopic (exact) mass is 259 g/mol.